The number of pyridine rings is 1. The van der Waals surface area contributed by atoms with Crippen LogP contribution in [0.2, 0.25) is 10.0 Å². The Bertz CT molecular complexity index is 549. The Kier molecular flexibility index (Phi) is 4.00. The third-order valence-corrected chi connectivity index (χ3v) is 4.07. The largest absolute Gasteiger partial charge is 0.342 e. The third kappa shape index (κ3) is 2.39. The van der Waals surface area contributed by atoms with Crippen molar-refractivity contribution in [1.29, 1.82) is 0 Å². The fourth-order valence-electron chi connectivity index (χ4n) is 2.33. The van der Waals surface area contributed by atoms with Gasteiger partial charge in [-0.2, -0.15) is 0 Å². The lowest BCUT2D eigenvalue weighted by atomic mass is 9.98. The van der Waals surface area contributed by atoms with Crippen LogP contribution in [0.3, 0.4) is 0 Å². The van der Waals surface area contributed by atoms with Crippen LogP contribution in [0.15, 0.2) is 6.07 Å². The number of nitrogens with two attached hydrogens (primary N) is 1. The van der Waals surface area contributed by atoms with Gasteiger partial charge in [-0.1, -0.05) is 23.2 Å². The summed E-state index contributed by atoms with van der Waals surface area (Å²) in [5.74, 6) is 6.22. The maximum atomic E-state index is 12.3. The Balaban J connectivity index is 2.48. The molecular weight excluding hydrogens is 301 g/mol. The second kappa shape index (κ2) is 5.27. The molecule has 1 saturated heterocycles. The number of nitrogens with zero attached hydrogens (tertiary/aromatic N) is 3. The molecule has 0 aliphatic carbocycles. The van der Waals surface area contributed by atoms with Crippen LogP contribution in [0.5, 0.6) is 0 Å². The van der Waals surface area contributed by atoms with Crippen molar-refractivity contribution >= 4 is 40.7 Å². The minimum absolute atomic E-state index is 0.0128. The summed E-state index contributed by atoms with van der Waals surface area (Å²) in [6.45, 7) is 4.92. The molecule has 1 amide bonds. The molecular formula is C12H17Cl2N5O. The van der Waals surface area contributed by atoms with Gasteiger partial charge in [-0.05, 0) is 19.9 Å². The number of anilines is 2. The van der Waals surface area contributed by atoms with Crippen molar-refractivity contribution in [2.75, 3.05) is 30.5 Å². The summed E-state index contributed by atoms with van der Waals surface area (Å²) >= 11 is 12.2. The second-order valence-electron chi connectivity index (χ2n) is 5.21. The van der Waals surface area contributed by atoms with Crippen molar-refractivity contribution in [3.8, 4) is 0 Å². The van der Waals surface area contributed by atoms with E-state index in [1.165, 1.54) is 0 Å². The fourth-order valence-corrected chi connectivity index (χ4v) is 2.85. The number of rotatable bonds is 2. The van der Waals surface area contributed by atoms with Crippen LogP contribution in [-0.2, 0) is 4.79 Å². The highest BCUT2D eigenvalue weighted by atomic mass is 35.5. The number of halogens is 2. The lowest BCUT2D eigenvalue weighted by Crippen LogP contribution is -2.62. The molecule has 2 heterocycles. The summed E-state index contributed by atoms with van der Waals surface area (Å²) in [6.07, 6.45) is 0. The first-order valence-corrected chi connectivity index (χ1v) is 6.90. The number of aromatic nitrogens is 1. The molecule has 20 heavy (non-hydrogen) atoms. The topological polar surface area (TPSA) is 74.5 Å². The first-order chi connectivity index (χ1) is 9.28. The minimum Gasteiger partial charge on any atom is -0.342 e. The maximum absolute atomic E-state index is 12.3. The second-order valence-corrected chi connectivity index (χ2v) is 6.02. The normalized spacial score (nSPS) is 18.4. The van der Waals surface area contributed by atoms with Crippen molar-refractivity contribution in [1.82, 2.24) is 9.88 Å². The number of hydrazine groups is 1. The molecule has 6 nitrogen and oxygen atoms in total. The Morgan fingerprint density at radius 3 is 2.60 bits per heavy atom. The fraction of sp³-hybridized carbons (Fsp3) is 0.500. The van der Waals surface area contributed by atoms with E-state index < -0.39 is 5.54 Å². The van der Waals surface area contributed by atoms with Crippen LogP contribution >= 0.6 is 23.2 Å². The van der Waals surface area contributed by atoms with Gasteiger partial charge < -0.3 is 15.2 Å². The summed E-state index contributed by atoms with van der Waals surface area (Å²) in [6, 6.07) is 1.57. The number of likely N-dealkylation sites (N-methyl/N-ethyl adjacent to an activating group) is 1. The van der Waals surface area contributed by atoms with Crippen molar-refractivity contribution < 1.29 is 4.79 Å². The zero-order valence-electron chi connectivity index (χ0n) is 11.6. The van der Waals surface area contributed by atoms with Gasteiger partial charge in [0.15, 0.2) is 11.6 Å². The molecule has 1 aliphatic heterocycles. The van der Waals surface area contributed by atoms with Gasteiger partial charge in [0.25, 0.3) is 0 Å². The predicted molar refractivity (Wildman–Crippen MR) is 81.1 cm³/mol. The number of nitrogen functional groups attached to an aromatic ring is 1. The summed E-state index contributed by atoms with van der Waals surface area (Å²) < 4.78 is 0. The summed E-state index contributed by atoms with van der Waals surface area (Å²) in [5.41, 5.74) is 1.69. The number of amides is 1. The van der Waals surface area contributed by atoms with E-state index in [-0.39, 0.29) is 5.91 Å². The quantitative estimate of drug-likeness (QED) is 0.642. The number of carbonyl (C=O) groups is 1. The van der Waals surface area contributed by atoms with Gasteiger partial charge in [0.2, 0.25) is 5.91 Å². The van der Waals surface area contributed by atoms with Crippen molar-refractivity contribution in [2.45, 2.75) is 19.4 Å². The lowest BCUT2D eigenvalue weighted by molar-refractivity contribution is -0.136. The molecule has 8 heteroatoms. The molecule has 0 bridgehead atoms. The number of hydrogen-bond donors (Lipinski definition) is 2. The van der Waals surface area contributed by atoms with Crippen molar-refractivity contribution in [3.05, 3.63) is 16.1 Å². The van der Waals surface area contributed by atoms with E-state index in [0.29, 0.717) is 34.8 Å². The monoisotopic (exact) mass is 317 g/mol. The minimum atomic E-state index is -0.733. The van der Waals surface area contributed by atoms with Crippen LogP contribution in [0.25, 0.3) is 0 Å². The molecule has 0 unspecified atom stereocenters. The zero-order chi connectivity index (χ0) is 15.1. The molecule has 110 valence electrons. The Morgan fingerprint density at radius 1 is 1.35 bits per heavy atom. The van der Waals surface area contributed by atoms with E-state index in [1.54, 1.807) is 18.0 Å². The average molecular weight is 318 g/mol. The highest BCUT2D eigenvalue weighted by molar-refractivity contribution is 6.37. The average Bonchev–Trinajstić information content (AvgIpc) is 2.38. The number of hydrogen-bond acceptors (Lipinski definition) is 5. The molecule has 1 fully saturated rings. The lowest BCUT2D eigenvalue weighted by Gasteiger charge is -2.45. The molecule has 0 aromatic carbocycles. The van der Waals surface area contributed by atoms with E-state index in [4.69, 9.17) is 29.0 Å². The van der Waals surface area contributed by atoms with E-state index in [0.717, 1.165) is 0 Å². The summed E-state index contributed by atoms with van der Waals surface area (Å²) in [7, 11) is 1.78. The molecule has 2 rings (SSSR count). The number of nitrogens with one attached hydrogen (secondary N) is 1. The molecule has 0 saturated carbocycles. The Hall–Kier alpha value is -1.24. The third-order valence-electron chi connectivity index (χ3n) is 3.51. The number of piperazine rings is 1. The maximum Gasteiger partial charge on any atom is 0.247 e. The molecule has 1 aromatic heterocycles. The molecule has 0 radical (unpaired) electrons. The van der Waals surface area contributed by atoms with Gasteiger partial charge in [-0.15, -0.1) is 0 Å². The van der Waals surface area contributed by atoms with Gasteiger partial charge >= 0.3 is 0 Å². The predicted octanol–water partition coefficient (Wildman–Crippen LogP) is 1.73. The van der Waals surface area contributed by atoms with E-state index in [2.05, 4.69) is 10.4 Å². The van der Waals surface area contributed by atoms with Crippen LogP contribution in [0, 0.1) is 0 Å². The summed E-state index contributed by atoms with van der Waals surface area (Å²) in [4.78, 5) is 20.2. The first kappa shape index (κ1) is 15.2. The van der Waals surface area contributed by atoms with Gasteiger partial charge in [-0.25, -0.2) is 10.8 Å². The van der Waals surface area contributed by atoms with E-state index in [1.807, 2.05) is 18.7 Å². The van der Waals surface area contributed by atoms with Crippen LogP contribution in [0.4, 0.5) is 11.6 Å². The Morgan fingerprint density at radius 2 is 2.00 bits per heavy atom. The van der Waals surface area contributed by atoms with Crippen LogP contribution in [0.1, 0.15) is 13.8 Å². The highest BCUT2D eigenvalue weighted by Gasteiger charge is 2.42. The number of carbonyl (C=O) groups excluding carboxylic acids is 1. The van der Waals surface area contributed by atoms with Gasteiger partial charge in [0.1, 0.15) is 5.54 Å². The standard InChI is InChI=1S/C12H17Cl2N5O/c1-12(2)11(20)18(3)4-5-19(12)10-8(14)6-7(13)9(16-10)17-15/h6H,4-5,15H2,1-3H3,(H,16,17). The molecule has 1 aliphatic rings. The van der Waals surface area contributed by atoms with Crippen LogP contribution in [-0.4, -0.2) is 41.5 Å². The van der Waals surface area contributed by atoms with Gasteiger partial charge in [0, 0.05) is 20.1 Å². The highest BCUT2D eigenvalue weighted by Crippen LogP contribution is 2.35. The molecule has 3 N–H and O–H groups in total. The van der Waals surface area contributed by atoms with E-state index in [9.17, 15) is 4.79 Å². The molecule has 0 spiro atoms. The first-order valence-electron chi connectivity index (χ1n) is 6.15. The van der Waals surface area contributed by atoms with Crippen molar-refractivity contribution in [3.63, 3.8) is 0 Å². The SMILES string of the molecule is CN1CCN(c2nc(NN)c(Cl)cc2Cl)C(C)(C)C1=O. The zero-order valence-corrected chi connectivity index (χ0v) is 13.1. The summed E-state index contributed by atoms with van der Waals surface area (Å²) in [5, 5.41) is 0.721. The van der Waals surface area contributed by atoms with E-state index >= 15 is 0 Å². The van der Waals surface area contributed by atoms with Crippen LogP contribution < -0.4 is 16.2 Å². The van der Waals surface area contributed by atoms with Gasteiger partial charge in [-0.3, -0.25) is 4.79 Å². The smallest absolute Gasteiger partial charge is 0.247 e. The van der Waals surface area contributed by atoms with Gasteiger partial charge in [0.05, 0.1) is 10.0 Å². The molecule has 0 atom stereocenters. The molecule has 1 aromatic rings. The van der Waals surface area contributed by atoms with Crippen molar-refractivity contribution in [2.24, 2.45) is 5.84 Å². The Labute approximate surface area is 127 Å².